The molecule has 0 aliphatic carbocycles. The van der Waals surface area contributed by atoms with E-state index in [9.17, 15) is 9.59 Å². The quantitative estimate of drug-likeness (QED) is 0.459. The number of halogens is 1. The van der Waals surface area contributed by atoms with Crippen LogP contribution in [0, 0.1) is 0 Å². The zero-order chi connectivity index (χ0) is 19.8. The molecule has 0 bridgehead atoms. The number of carbonyl (C=O) groups excluding carboxylic acids is 2. The molecule has 0 fully saturated rings. The van der Waals surface area contributed by atoms with Crippen molar-refractivity contribution in [1.82, 2.24) is 16.2 Å². The summed E-state index contributed by atoms with van der Waals surface area (Å²) in [5.41, 5.74) is 5.99. The van der Waals surface area contributed by atoms with Crippen LogP contribution in [-0.4, -0.2) is 23.5 Å². The van der Waals surface area contributed by atoms with Crippen molar-refractivity contribution in [3.8, 4) is 5.75 Å². The van der Waals surface area contributed by atoms with Gasteiger partial charge in [-0.15, -0.1) is 0 Å². The molecule has 7 nitrogen and oxygen atoms in total. The van der Waals surface area contributed by atoms with Crippen LogP contribution < -0.4 is 20.9 Å². The fourth-order valence-electron chi connectivity index (χ4n) is 2.07. The molecular formula is C18H20BrN3O4S. The Morgan fingerprint density at radius 2 is 1.89 bits per heavy atom. The van der Waals surface area contributed by atoms with Gasteiger partial charge in [0.25, 0.3) is 11.8 Å². The molecule has 0 radical (unpaired) electrons. The van der Waals surface area contributed by atoms with Gasteiger partial charge in [-0.2, -0.15) is 0 Å². The summed E-state index contributed by atoms with van der Waals surface area (Å²) in [5, 5.41) is 2.30. The van der Waals surface area contributed by atoms with E-state index in [1.165, 1.54) is 11.6 Å². The molecule has 1 unspecified atom stereocenters. The van der Waals surface area contributed by atoms with Gasteiger partial charge in [0.05, 0.1) is 0 Å². The van der Waals surface area contributed by atoms with Gasteiger partial charge in [-0.3, -0.25) is 25.8 Å². The molecule has 3 N–H and O–H groups in total. The van der Waals surface area contributed by atoms with Gasteiger partial charge in [-0.05, 0) is 70.3 Å². The SMILES string of the molecule is CCC(C)c1ccc(OCC(=O)NNC(=S)NC(=O)c2ccc(Br)o2)cc1. The largest absolute Gasteiger partial charge is 0.484 e. The molecule has 9 heteroatoms. The predicted octanol–water partition coefficient (Wildman–Crippen LogP) is 3.27. The molecule has 0 spiro atoms. The van der Waals surface area contributed by atoms with Gasteiger partial charge in [-0.1, -0.05) is 26.0 Å². The molecule has 1 aromatic heterocycles. The van der Waals surface area contributed by atoms with Crippen molar-refractivity contribution in [1.29, 1.82) is 0 Å². The molecule has 1 atom stereocenters. The van der Waals surface area contributed by atoms with Crippen molar-refractivity contribution in [2.75, 3.05) is 6.61 Å². The van der Waals surface area contributed by atoms with E-state index in [1.807, 2.05) is 24.3 Å². The standard InChI is InChI=1S/C18H20BrN3O4S/c1-3-11(2)12-4-6-13(7-5-12)25-10-16(23)21-22-18(27)20-17(24)14-8-9-15(19)26-14/h4-9,11H,3,10H2,1-2H3,(H,21,23)(H2,20,22,24,27). The normalized spacial score (nSPS) is 11.4. The highest BCUT2D eigenvalue weighted by Gasteiger charge is 2.12. The minimum absolute atomic E-state index is 0.0706. The number of ether oxygens (including phenoxy) is 1. The summed E-state index contributed by atoms with van der Waals surface area (Å²) in [5.74, 6) is 0.173. The molecule has 0 saturated carbocycles. The molecule has 2 amide bonds. The van der Waals surface area contributed by atoms with E-state index in [1.54, 1.807) is 6.07 Å². The second-order valence-electron chi connectivity index (χ2n) is 5.73. The number of thiocarbonyl (C=S) groups is 1. The van der Waals surface area contributed by atoms with Gasteiger partial charge in [0.15, 0.2) is 22.1 Å². The van der Waals surface area contributed by atoms with Crippen LogP contribution in [0.3, 0.4) is 0 Å². The van der Waals surface area contributed by atoms with Crippen molar-refractivity contribution >= 4 is 45.1 Å². The van der Waals surface area contributed by atoms with Crippen molar-refractivity contribution in [2.45, 2.75) is 26.2 Å². The number of carbonyl (C=O) groups is 2. The lowest BCUT2D eigenvalue weighted by atomic mass is 9.99. The molecule has 144 valence electrons. The van der Waals surface area contributed by atoms with Crippen LogP contribution in [0.4, 0.5) is 0 Å². The van der Waals surface area contributed by atoms with Gasteiger partial charge < -0.3 is 9.15 Å². The third-order valence-corrected chi connectivity index (χ3v) is 4.40. The van der Waals surface area contributed by atoms with Crippen molar-refractivity contribution < 1.29 is 18.7 Å². The summed E-state index contributed by atoms with van der Waals surface area (Å²) >= 11 is 8.03. The number of nitrogens with one attached hydrogen (secondary N) is 3. The van der Waals surface area contributed by atoms with E-state index in [-0.39, 0.29) is 17.5 Å². The van der Waals surface area contributed by atoms with Crippen LogP contribution >= 0.6 is 28.1 Å². The summed E-state index contributed by atoms with van der Waals surface area (Å²) in [4.78, 5) is 23.6. The Labute approximate surface area is 170 Å². The number of benzene rings is 1. The van der Waals surface area contributed by atoms with Crippen LogP contribution in [0.25, 0.3) is 0 Å². The Kier molecular flexibility index (Phi) is 7.81. The minimum Gasteiger partial charge on any atom is -0.484 e. The molecule has 27 heavy (non-hydrogen) atoms. The Bertz CT molecular complexity index is 807. The lowest BCUT2D eigenvalue weighted by Gasteiger charge is -2.12. The van der Waals surface area contributed by atoms with Gasteiger partial charge in [-0.25, -0.2) is 0 Å². The first-order valence-corrected chi connectivity index (χ1v) is 9.47. The maximum atomic E-state index is 11.8. The number of furan rings is 1. The Balaban J connectivity index is 1.71. The Morgan fingerprint density at radius 3 is 2.48 bits per heavy atom. The summed E-state index contributed by atoms with van der Waals surface area (Å²) in [6.07, 6.45) is 1.06. The Morgan fingerprint density at radius 1 is 1.19 bits per heavy atom. The molecule has 0 saturated heterocycles. The zero-order valence-corrected chi connectivity index (χ0v) is 17.3. The Hall–Kier alpha value is -2.39. The van der Waals surface area contributed by atoms with Crippen LogP contribution in [0.1, 0.15) is 42.3 Å². The van der Waals surface area contributed by atoms with Gasteiger partial charge in [0.1, 0.15) is 5.75 Å². The van der Waals surface area contributed by atoms with E-state index in [4.69, 9.17) is 21.4 Å². The summed E-state index contributed by atoms with van der Waals surface area (Å²) in [7, 11) is 0. The lowest BCUT2D eigenvalue weighted by Crippen LogP contribution is -2.49. The number of rotatable bonds is 6. The second-order valence-corrected chi connectivity index (χ2v) is 6.92. The average Bonchev–Trinajstić information content (AvgIpc) is 3.11. The fraction of sp³-hybridized carbons (Fsp3) is 0.278. The zero-order valence-electron chi connectivity index (χ0n) is 14.9. The first kappa shape index (κ1) is 20.9. The average molecular weight is 454 g/mol. The van der Waals surface area contributed by atoms with E-state index in [0.29, 0.717) is 16.3 Å². The second kappa shape index (κ2) is 10.1. The molecular weight excluding hydrogens is 434 g/mol. The molecule has 0 aliphatic heterocycles. The van der Waals surface area contributed by atoms with Crippen molar-refractivity contribution in [3.63, 3.8) is 0 Å². The molecule has 1 aromatic carbocycles. The molecule has 2 rings (SSSR count). The van der Waals surface area contributed by atoms with Crippen LogP contribution in [0.15, 0.2) is 45.5 Å². The maximum Gasteiger partial charge on any atom is 0.293 e. The van der Waals surface area contributed by atoms with E-state index >= 15 is 0 Å². The third-order valence-electron chi connectivity index (χ3n) is 3.77. The van der Waals surface area contributed by atoms with E-state index in [0.717, 1.165) is 6.42 Å². The highest BCUT2D eigenvalue weighted by atomic mass is 79.9. The minimum atomic E-state index is -0.537. The number of hydrogen-bond acceptors (Lipinski definition) is 5. The number of hydrazine groups is 1. The maximum absolute atomic E-state index is 11.8. The highest BCUT2D eigenvalue weighted by molar-refractivity contribution is 9.10. The smallest absolute Gasteiger partial charge is 0.293 e. The monoisotopic (exact) mass is 453 g/mol. The molecule has 0 aliphatic rings. The highest BCUT2D eigenvalue weighted by Crippen LogP contribution is 2.21. The third kappa shape index (κ3) is 6.69. The van der Waals surface area contributed by atoms with Gasteiger partial charge >= 0.3 is 0 Å². The topological polar surface area (TPSA) is 92.6 Å². The summed E-state index contributed by atoms with van der Waals surface area (Å²) in [6, 6.07) is 10.7. The van der Waals surface area contributed by atoms with Gasteiger partial charge in [0, 0.05) is 0 Å². The first-order valence-electron chi connectivity index (χ1n) is 8.27. The van der Waals surface area contributed by atoms with Crippen molar-refractivity contribution in [2.24, 2.45) is 0 Å². The van der Waals surface area contributed by atoms with Gasteiger partial charge in [0.2, 0.25) is 0 Å². The summed E-state index contributed by atoms with van der Waals surface area (Å²) in [6.45, 7) is 4.09. The summed E-state index contributed by atoms with van der Waals surface area (Å²) < 4.78 is 10.9. The molecule has 1 heterocycles. The predicted molar refractivity (Wildman–Crippen MR) is 108 cm³/mol. The van der Waals surface area contributed by atoms with Crippen LogP contribution in [0.2, 0.25) is 0 Å². The number of amides is 2. The van der Waals surface area contributed by atoms with Crippen molar-refractivity contribution in [3.05, 3.63) is 52.4 Å². The first-order chi connectivity index (χ1) is 12.9. The fourth-order valence-corrected chi connectivity index (χ4v) is 2.52. The number of hydrogen-bond donors (Lipinski definition) is 3. The van der Waals surface area contributed by atoms with Crippen LogP contribution in [0.5, 0.6) is 5.75 Å². The lowest BCUT2D eigenvalue weighted by molar-refractivity contribution is -0.123. The van der Waals surface area contributed by atoms with Crippen LogP contribution in [-0.2, 0) is 4.79 Å². The van der Waals surface area contributed by atoms with E-state index in [2.05, 4.69) is 45.9 Å². The molecule has 2 aromatic rings. The van der Waals surface area contributed by atoms with E-state index < -0.39 is 11.8 Å².